The van der Waals surface area contributed by atoms with E-state index in [1.807, 2.05) is 6.07 Å². The fourth-order valence-corrected chi connectivity index (χ4v) is 4.21. The molecular formula is C15H9Cl2N3O3S2. The summed E-state index contributed by atoms with van der Waals surface area (Å²) in [7, 11) is 0. The van der Waals surface area contributed by atoms with Gasteiger partial charge in [-0.15, -0.1) is 11.3 Å². The number of nitro groups is 1. The first-order valence-electron chi connectivity index (χ1n) is 6.85. The number of nitro benzene ring substituents is 1. The Balaban J connectivity index is 1.63. The lowest BCUT2D eigenvalue weighted by Gasteiger charge is -2.06. The molecule has 1 N–H and O–H groups in total. The fourth-order valence-electron chi connectivity index (χ4n) is 1.97. The first kappa shape index (κ1) is 17.9. The molecule has 6 nitrogen and oxygen atoms in total. The van der Waals surface area contributed by atoms with Crippen molar-refractivity contribution in [1.82, 2.24) is 4.98 Å². The van der Waals surface area contributed by atoms with Gasteiger partial charge in [-0.3, -0.25) is 14.9 Å². The van der Waals surface area contributed by atoms with E-state index in [4.69, 9.17) is 23.2 Å². The number of hydrogen-bond acceptors (Lipinski definition) is 6. The normalized spacial score (nSPS) is 10.8. The molecule has 0 radical (unpaired) electrons. The van der Waals surface area contributed by atoms with Crippen LogP contribution in [0.1, 0.15) is 0 Å². The maximum absolute atomic E-state index is 12.1. The SMILES string of the molecule is O=C(CSc1nc2cc(Cl)ccc2s1)Nc1ccc([N+](=O)[O-])cc1Cl. The Morgan fingerprint density at radius 3 is 2.80 bits per heavy atom. The second-order valence-electron chi connectivity index (χ2n) is 4.85. The van der Waals surface area contributed by atoms with Crippen LogP contribution in [0.15, 0.2) is 40.7 Å². The van der Waals surface area contributed by atoms with Crippen molar-refractivity contribution in [1.29, 1.82) is 0 Å². The van der Waals surface area contributed by atoms with Crippen molar-refractivity contribution in [3.63, 3.8) is 0 Å². The Bertz CT molecular complexity index is 978. The number of carbonyl (C=O) groups excluding carboxylic acids is 1. The first-order valence-corrected chi connectivity index (χ1v) is 9.41. The fraction of sp³-hybridized carbons (Fsp3) is 0.0667. The van der Waals surface area contributed by atoms with E-state index in [0.29, 0.717) is 10.7 Å². The summed E-state index contributed by atoms with van der Waals surface area (Å²) in [4.78, 5) is 26.6. The van der Waals surface area contributed by atoms with Gasteiger partial charge < -0.3 is 5.32 Å². The average Bonchev–Trinajstić information content (AvgIpc) is 2.96. The second kappa shape index (κ2) is 7.57. The smallest absolute Gasteiger partial charge is 0.271 e. The molecule has 0 spiro atoms. The minimum absolute atomic E-state index is 0.113. The lowest BCUT2D eigenvalue weighted by molar-refractivity contribution is -0.384. The molecule has 1 aromatic heterocycles. The summed E-state index contributed by atoms with van der Waals surface area (Å²) >= 11 is 14.7. The Hall–Kier alpha value is -1.87. The molecule has 0 atom stereocenters. The van der Waals surface area contributed by atoms with Crippen LogP contribution in [0.4, 0.5) is 11.4 Å². The molecule has 25 heavy (non-hydrogen) atoms. The largest absolute Gasteiger partial charge is 0.324 e. The van der Waals surface area contributed by atoms with Gasteiger partial charge in [-0.2, -0.15) is 0 Å². The van der Waals surface area contributed by atoms with Crippen molar-refractivity contribution in [3.05, 3.63) is 56.6 Å². The van der Waals surface area contributed by atoms with Crippen LogP contribution >= 0.6 is 46.3 Å². The van der Waals surface area contributed by atoms with E-state index < -0.39 is 4.92 Å². The van der Waals surface area contributed by atoms with E-state index in [1.165, 1.54) is 41.3 Å². The number of hydrogen-bond donors (Lipinski definition) is 1. The maximum atomic E-state index is 12.1. The molecule has 10 heteroatoms. The zero-order valence-electron chi connectivity index (χ0n) is 12.4. The van der Waals surface area contributed by atoms with Gasteiger partial charge in [0.2, 0.25) is 5.91 Å². The van der Waals surface area contributed by atoms with E-state index >= 15 is 0 Å². The molecule has 0 fully saturated rings. The van der Waals surface area contributed by atoms with Crippen LogP contribution in [0.25, 0.3) is 10.2 Å². The Morgan fingerprint density at radius 1 is 1.28 bits per heavy atom. The zero-order chi connectivity index (χ0) is 18.0. The second-order valence-corrected chi connectivity index (χ2v) is 7.95. The van der Waals surface area contributed by atoms with Gasteiger partial charge in [0.25, 0.3) is 5.69 Å². The summed E-state index contributed by atoms with van der Waals surface area (Å²) in [6.45, 7) is 0. The number of thiazole rings is 1. The molecular weight excluding hydrogens is 405 g/mol. The highest BCUT2D eigenvalue weighted by atomic mass is 35.5. The van der Waals surface area contributed by atoms with Crippen molar-refractivity contribution in [2.24, 2.45) is 0 Å². The van der Waals surface area contributed by atoms with Gasteiger partial charge in [-0.05, 0) is 24.3 Å². The minimum atomic E-state index is -0.549. The quantitative estimate of drug-likeness (QED) is 0.351. The van der Waals surface area contributed by atoms with Crippen LogP contribution in [0.2, 0.25) is 10.0 Å². The van der Waals surface area contributed by atoms with Crippen molar-refractivity contribution in [2.75, 3.05) is 11.1 Å². The van der Waals surface area contributed by atoms with E-state index in [0.717, 1.165) is 14.6 Å². The van der Waals surface area contributed by atoms with Crippen LogP contribution in [0.3, 0.4) is 0 Å². The summed E-state index contributed by atoms with van der Waals surface area (Å²) in [5.41, 5.74) is 0.985. The predicted molar refractivity (Wildman–Crippen MR) is 102 cm³/mol. The van der Waals surface area contributed by atoms with Gasteiger partial charge in [0.1, 0.15) is 0 Å². The van der Waals surface area contributed by atoms with Crippen LogP contribution in [0, 0.1) is 10.1 Å². The molecule has 1 amide bonds. The number of benzene rings is 2. The summed E-state index contributed by atoms with van der Waals surface area (Å²) < 4.78 is 1.74. The highest BCUT2D eigenvalue weighted by Crippen LogP contribution is 2.31. The molecule has 3 aromatic rings. The highest BCUT2D eigenvalue weighted by Gasteiger charge is 2.13. The Morgan fingerprint density at radius 2 is 2.08 bits per heavy atom. The van der Waals surface area contributed by atoms with Crippen LogP contribution < -0.4 is 5.32 Å². The number of amides is 1. The minimum Gasteiger partial charge on any atom is -0.324 e. The maximum Gasteiger partial charge on any atom is 0.271 e. The van der Waals surface area contributed by atoms with E-state index in [2.05, 4.69) is 10.3 Å². The van der Waals surface area contributed by atoms with Crippen molar-refractivity contribution >= 4 is 73.8 Å². The Labute approximate surface area is 160 Å². The van der Waals surface area contributed by atoms with Crippen molar-refractivity contribution in [2.45, 2.75) is 4.34 Å². The zero-order valence-corrected chi connectivity index (χ0v) is 15.5. The lowest BCUT2D eigenvalue weighted by Crippen LogP contribution is -2.14. The molecule has 128 valence electrons. The highest BCUT2D eigenvalue weighted by molar-refractivity contribution is 8.01. The van der Waals surface area contributed by atoms with Gasteiger partial charge >= 0.3 is 0 Å². The number of thioether (sulfide) groups is 1. The number of fused-ring (bicyclic) bond motifs is 1. The number of nitrogens with zero attached hydrogens (tertiary/aromatic N) is 2. The topological polar surface area (TPSA) is 85.1 Å². The van der Waals surface area contributed by atoms with Gasteiger partial charge in [0, 0.05) is 17.2 Å². The third-order valence-corrected chi connectivity index (χ3v) is 5.82. The average molecular weight is 414 g/mol. The molecule has 0 bridgehead atoms. The van der Waals surface area contributed by atoms with E-state index in [-0.39, 0.29) is 22.4 Å². The third-order valence-electron chi connectivity index (χ3n) is 3.09. The van der Waals surface area contributed by atoms with Crippen molar-refractivity contribution in [3.8, 4) is 0 Å². The van der Waals surface area contributed by atoms with Crippen LogP contribution in [0.5, 0.6) is 0 Å². The van der Waals surface area contributed by atoms with Gasteiger partial charge in [0.05, 0.1) is 31.6 Å². The van der Waals surface area contributed by atoms with Crippen LogP contribution in [-0.4, -0.2) is 21.6 Å². The monoisotopic (exact) mass is 413 g/mol. The molecule has 0 aliphatic carbocycles. The van der Waals surface area contributed by atoms with Gasteiger partial charge in [0.15, 0.2) is 4.34 Å². The van der Waals surface area contributed by atoms with Gasteiger partial charge in [-0.25, -0.2) is 4.98 Å². The molecule has 0 aliphatic rings. The van der Waals surface area contributed by atoms with Crippen molar-refractivity contribution < 1.29 is 9.72 Å². The van der Waals surface area contributed by atoms with Crippen LogP contribution in [-0.2, 0) is 4.79 Å². The number of carbonyl (C=O) groups is 1. The number of aromatic nitrogens is 1. The standard InChI is InChI=1S/C15H9Cl2N3O3S2/c16-8-1-4-13-12(5-8)19-15(25-13)24-7-14(21)18-11-3-2-9(20(22)23)6-10(11)17/h1-6H,7H2,(H,18,21). The predicted octanol–water partition coefficient (Wildman–Crippen LogP) is 5.24. The van der Waals surface area contributed by atoms with E-state index in [1.54, 1.807) is 12.1 Å². The molecule has 1 heterocycles. The molecule has 0 unspecified atom stereocenters. The van der Waals surface area contributed by atoms with Gasteiger partial charge in [-0.1, -0.05) is 35.0 Å². The summed E-state index contributed by atoms with van der Waals surface area (Å²) in [5, 5.41) is 14.0. The Kier molecular flexibility index (Phi) is 5.43. The number of rotatable bonds is 5. The summed E-state index contributed by atoms with van der Waals surface area (Å²) in [5.74, 6) is -0.140. The molecule has 0 aliphatic heterocycles. The van der Waals surface area contributed by atoms with E-state index in [9.17, 15) is 14.9 Å². The molecule has 0 saturated carbocycles. The molecule has 0 saturated heterocycles. The number of non-ortho nitro benzene ring substituents is 1. The third kappa shape index (κ3) is 4.40. The lowest BCUT2D eigenvalue weighted by atomic mass is 10.3. The number of nitrogens with one attached hydrogen (secondary N) is 1. The first-order chi connectivity index (χ1) is 11.9. The number of anilines is 1. The summed E-state index contributed by atoms with van der Waals surface area (Å²) in [6.07, 6.45) is 0. The molecule has 2 aromatic carbocycles. The number of halogens is 2. The summed E-state index contributed by atoms with van der Waals surface area (Å²) in [6, 6.07) is 9.33. The molecule has 3 rings (SSSR count).